The summed E-state index contributed by atoms with van der Waals surface area (Å²) in [6, 6.07) is -0.0248. The first-order valence-corrected chi connectivity index (χ1v) is 5.23. The number of ether oxygens (including phenoxy) is 1. The first-order valence-electron chi connectivity index (χ1n) is 5.23. The number of rotatable bonds is 1. The molecule has 0 bridgehead atoms. The molecule has 0 aromatic heterocycles. The van der Waals surface area contributed by atoms with Crippen molar-refractivity contribution in [2.24, 2.45) is 0 Å². The second-order valence-corrected chi connectivity index (χ2v) is 4.78. The number of carbonyl (C=O) groups is 1. The van der Waals surface area contributed by atoms with Gasteiger partial charge in [0.2, 0.25) is 0 Å². The van der Waals surface area contributed by atoms with Gasteiger partial charge in [-0.25, -0.2) is 4.79 Å². The Morgan fingerprint density at radius 2 is 2.07 bits per heavy atom. The van der Waals surface area contributed by atoms with Crippen LogP contribution in [0.4, 0.5) is 4.79 Å². The first-order chi connectivity index (χ1) is 6.87. The summed E-state index contributed by atoms with van der Waals surface area (Å²) in [5.41, 5.74) is -0.470. The number of hydrogen-bond donors (Lipinski definition) is 2. The first kappa shape index (κ1) is 12.0. The van der Waals surface area contributed by atoms with E-state index in [-0.39, 0.29) is 12.1 Å². The molecule has 1 rings (SSSR count). The van der Waals surface area contributed by atoms with Crippen LogP contribution in [0.1, 0.15) is 33.6 Å². The van der Waals surface area contributed by atoms with Gasteiger partial charge in [-0.15, -0.1) is 0 Å². The molecule has 1 aliphatic rings. The van der Waals surface area contributed by atoms with Crippen LogP contribution in [0.3, 0.4) is 0 Å². The molecule has 4 nitrogen and oxygen atoms in total. The number of nitrogens with one attached hydrogen (secondary N) is 1. The molecule has 0 aromatic rings. The number of aliphatic hydroxyl groups excluding tert-OH is 1. The minimum absolute atomic E-state index is 0.0248. The van der Waals surface area contributed by atoms with E-state index in [1.807, 2.05) is 20.8 Å². The standard InChI is InChI=1S/C11H19NO3/c1-11(2,3)15-10(14)12-8-4-6-9(13)7-5-8/h4,6,8-9,13H,5,7H2,1-3H3,(H,12,14)/t8-,9+/m0/s1. The van der Waals surface area contributed by atoms with Crippen LogP contribution in [-0.2, 0) is 4.74 Å². The lowest BCUT2D eigenvalue weighted by atomic mass is 10.0. The van der Waals surface area contributed by atoms with E-state index in [0.717, 1.165) is 6.42 Å². The highest BCUT2D eigenvalue weighted by Gasteiger charge is 2.20. The third-order valence-electron chi connectivity index (χ3n) is 2.04. The summed E-state index contributed by atoms with van der Waals surface area (Å²) in [6.07, 6.45) is 4.15. The molecule has 0 aromatic carbocycles. The van der Waals surface area contributed by atoms with Crippen LogP contribution in [0.5, 0.6) is 0 Å². The molecule has 0 heterocycles. The third kappa shape index (κ3) is 4.83. The maximum Gasteiger partial charge on any atom is 0.408 e. The van der Waals surface area contributed by atoms with Crippen molar-refractivity contribution in [3.63, 3.8) is 0 Å². The number of hydrogen-bond acceptors (Lipinski definition) is 3. The molecule has 86 valence electrons. The van der Waals surface area contributed by atoms with Crippen molar-refractivity contribution >= 4 is 6.09 Å². The lowest BCUT2D eigenvalue weighted by molar-refractivity contribution is 0.0506. The smallest absolute Gasteiger partial charge is 0.408 e. The highest BCUT2D eigenvalue weighted by molar-refractivity contribution is 5.68. The second kappa shape index (κ2) is 4.66. The maximum absolute atomic E-state index is 11.4. The maximum atomic E-state index is 11.4. The molecular formula is C11H19NO3. The van der Waals surface area contributed by atoms with Gasteiger partial charge in [0.05, 0.1) is 12.1 Å². The Bertz CT molecular complexity index is 255. The van der Waals surface area contributed by atoms with Gasteiger partial charge >= 0.3 is 6.09 Å². The van der Waals surface area contributed by atoms with E-state index in [2.05, 4.69) is 5.32 Å². The largest absolute Gasteiger partial charge is 0.444 e. The Hall–Kier alpha value is -1.03. The zero-order chi connectivity index (χ0) is 11.5. The molecular weight excluding hydrogens is 194 g/mol. The summed E-state index contributed by atoms with van der Waals surface area (Å²) < 4.78 is 5.12. The fourth-order valence-electron chi connectivity index (χ4n) is 1.38. The predicted octanol–water partition coefficient (Wildman–Crippen LogP) is 1.59. The van der Waals surface area contributed by atoms with Gasteiger partial charge in [0.1, 0.15) is 5.60 Å². The van der Waals surface area contributed by atoms with E-state index in [0.29, 0.717) is 6.42 Å². The zero-order valence-electron chi connectivity index (χ0n) is 9.49. The molecule has 15 heavy (non-hydrogen) atoms. The van der Waals surface area contributed by atoms with Crippen LogP contribution in [0, 0.1) is 0 Å². The van der Waals surface area contributed by atoms with Crippen LogP contribution in [0.15, 0.2) is 12.2 Å². The van der Waals surface area contributed by atoms with Crippen molar-refractivity contribution in [3.05, 3.63) is 12.2 Å². The minimum atomic E-state index is -0.470. The Morgan fingerprint density at radius 1 is 1.40 bits per heavy atom. The Labute approximate surface area is 90.3 Å². The van der Waals surface area contributed by atoms with E-state index in [9.17, 15) is 9.90 Å². The van der Waals surface area contributed by atoms with Crippen LogP contribution >= 0.6 is 0 Å². The van der Waals surface area contributed by atoms with Crippen LogP contribution in [0.2, 0.25) is 0 Å². The molecule has 0 fully saturated rings. The van der Waals surface area contributed by atoms with Gasteiger partial charge in [-0.2, -0.15) is 0 Å². The van der Waals surface area contributed by atoms with E-state index in [4.69, 9.17) is 4.74 Å². The molecule has 0 unspecified atom stereocenters. The molecule has 0 radical (unpaired) electrons. The second-order valence-electron chi connectivity index (χ2n) is 4.78. The van der Waals surface area contributed by atoms with Crippen molar-refractivity contribution in [2.75, 3.05) is 0 Å². The summed E-state index contributed by atoms with van der Waals surface area (Å²) in [5, 5.41) is 12.0. The van der Waals surface area contributed by atoms with Crippen molar-refractivity contribution in [2.45, 2.75) is 51.4 Å². The summed E-state index contributed by atoms with van der Waals surface area (Å²) in [6.45, 7) is 5.48. The SMILES string of the molecule is CC(C)(C)OC(=O)N[C@H]1C=C[C@@H](O)CC1. The Kier molecular flexibility index (Phi) is 3.74. The molecule has 0 aliphatic heterocycles. The molecule has 0 saturated carbocycles. The molecule has 1 amide bonds. The number of amides is 1. The Morgan fingerprint density at radius 3 is 2.53 bits per heavy atom. The average Bonchev–Trinajstić information content (AvgIpc) is 2.05. The van der Waals surface area contributed by atoms with Crippen LogP contribution in [-0.4, -0.2) is 28.9 Å². The number of aliphatic hydroxyl groups is 1. The van der Waals surface area contributed by atoms with Crippen LogP contribution in [0.25, 0.3) is 0 Å². The quantitative estimate of drug-likeness (QED) is 0.650. The highest BCUT2D eigenvalue weighted by atomic mass is 16.6. The number of alkyl carbamates (subject to hydrolysis) is 1. The fraction of sp³-hybridized carbons (Fsp3) is 0.727. The van der Waals surface area contributed by atoms with Gasteiger partial charge in [0, 0.05) is 0 Å². The summed E-state index contributed by atoms with van der Waals surface area (Å²) in [4.78, 5) is 11.4. The van der Waals surface area contributed by atoms with Gasteiger partial charge in [0.25, 0.3) is 0 Å². The van der Waals surface area contributed by atoms with Gasteiger partial charge in [-0.1, -0.05) is 12.2 Å². The molecule has 2 atom stereocenters. The van der Waals surface area contributed by atoms with E-state index in [1.54, 1.807) is 12.2 Å². The molecule has 2 N–H and O–H groups in total. The zero-order valence-corrected chi connectivity index (χ0v) is 9.49. The van der Waals surface area contributed by atoms with Gasteiger partial charge < -0.3 is 15.2 Å². The molecule has 0 saturated heterocycles. The van der Waals surface area contributed by atoms with Gasteiger partial charge in [-0.3, -0.25) is 0 Å². The van der Waals surface area contributed by atoms with Crippen molar-refractivity contribution in [1.82, 2.24) is 5.32 Å². The van der Waals surface area contributed by atoms with Crippen LogP contribution < -0.4 is 5.32 Å². The van der Waals surface area contributed by atoms with E-state index in [1.165, 1.54) is 0 Å². The molecule has 1 aliphatic carbocycles. The topological polar surface area (TPSA) is 58.6 Å². The third-order valence-corrected chi connectivity index (χ3v) is 2.04. The van der Waals surface area contributed by atoms with Gasteiger partial charge in [-0.05, 0) is 33.6 Å². The summed E-state index contributed by atoms with van der Waals surface area (Å²) in [7, 11) is 0. The molecule has 0 spiro atoms. The normalized spacial score (nSPS) is 26.1. The summed E-state index contributed by atoms with van der Waals surface area (Å²) >= 11 is 0. The van der Waals surface area contributed by atoms with Crippen molar-refractivity contribution in [3.8, 4) is 0 Å². The lowest BCUT2D eigenvalue weighted by Crippen LogP contribution is -2.39. The van der Waals surface area contributed by atoms with Crippen molar-refractivity contribution in [1.29, 1.82) is 0 Å². The van der Waals surface area contributed by atoms with E-state index < -0.39 is 11.7 Å². The monoisotopic (exact) mass is 213 g/mol. The highest BCUT2D eigenvalue weighted by Crippen LogP contribution is 2.12. The number of carbonyl (C=O) groups excluding carboxylic acids is 1. The van der Waals surface area contributed by atoms with E-state index >= 15 is 0 Å². The average molecular weight is 213 g/mol. The Balaban J connectivity index is 2.36. The van der Waals surface area contributed by atoms with Gasteiger partial charge in [0.15, 0.2) is 0 Å². The van der Waals surface area contributed by atoms with Crippen molar-refractivity contribution < 1.29 is 14.6 Å². The molecule has 4 heteroatoms. The predicted molar refractivity (Wildman–Crippen MR) is 57.5 cm³/mol. The summed E-state index contributed by atoms with van der Waals surface area (Å²) in [5.74, 6) is 0. The minimum Gasteiger partial charge on any atom is -0.444 e. The lowest BCUT2D eigenvalue weighted by Gasteiger charge is -2.24. The fourth-order valence-corrected chi connectivity index (χ4v) is 1.38.